The third-order valence-electron chi connectivity index (χ3n) is 4.93. The fourth-order valence-electron chi connectivity index (χ4n) is 3.56. The number of fused-ring (bicyclic) bond motifs is 1. The van der Waals surface area contributed by atoms with Crippen molar-refractivity contribution in [1.82, 2.24) is 9.97 Å². The molecule has 3 nitrogen and oxygen atoms in total. The second-order valence-corrected chi connectivity index (χ2v) is 7.06. The van der Waals surface area contributed by atoms with E-state index >= 15 is 0 Å². The molecular weight excluding hydrogens is 368 g/mol. The summed E-state index contributed by atoms with van der Waals surface area (Å²) in [5.74, 6) is 1.33. The molecule has 0 atom stereocenters. The van der Waals surface area contributed by atoms with Gasteiger partial charge in [0, 0.05) is 34.0 Å². The van der Waals surface area contributed by atoms with Gasteiger partial charge in [-0.25, -0.2) is 4.98 Å². The molecule has 0 aliphatic heterocycles. The van der Waals surface area contributed by atoms with Gasteiger partial charge < -0.3 is 9.72 Å². The summed E-state index contributed by atoms with van der Waals surface area (Å²) in [7, 11) is 0. The lowest BCUT2D eigenvalue weighted by molar-refractivity contribution is 0.448. The highest BCUT2D eigenvalue weighted by molar-refractivity contribution is 5.97. The van der Waals surface area contributed by atoms with Crippen LogP contribution < -0.4 is 4.74 Å². The number of aromatic amines is 1. The molecule has 0 saturated heterocycles. The molecular formula is C27H24N2O. The van der Waals surface area contributed by atoms with Crippen LogP contribution in [0.25, 0.3) is 33.3 Å². The van der Waals surface area contributed by atoms with E-state index in [0.717, 1.165) is 33.6 Å². The van der Waals surface area contributed by atoms with Crippen LogP contribution in [0, 0.1) is 6.92 Å². The minimum atomic E-state index is 0.581. The lowest BCUT2D eigenvalue weighted by atomic mass is 10.0. The SMILES string of the molecule is C=C(/C=C\C=C/C)Oc1ccccc1-c1cnc2[nH]c(C)c(-c3ccccc3)c2c1. The van der Waals surface area contributed by atoms with Gasteiger partial charge in [-0.2, -0.15) is 0 Å². The van der Waals surface area contributed by atoms with Crippen LogP contribution in [0.5, 0.6) is 5.75 Å². The summed E-state index contributed by atoms with van der Waals surface area (Å²) in [5.41, 5.74) is 6.31. The van der Waals surface area contributed by atoms with Crippen LogP contribution >= 0.6 is 0 Å². The number of nitrogens with zero attached hydrogens (tertiary/aromatic N) is 1. The molecule has 0 spiro atoms. The predicted octanol–water partition coefficient (Wildman–Crippen LogP) is 7.23. The minimum absolute atomic E-state index is 0.581. The van der Waals surface area contributed by atoms with Crippen molar-refractivity contribution in [2.24, 2.45) is 0 Å². The van der Waals surface area contributed by atoms with Crippen LogP contribution in [0.4, 0.5) is 0 Å². The standard InChI is InChI=1S/C27H24N2O/c1-4-5-7-12-19(2)30-25-16-11-10-15-23(25)22-17-24-26(21-13-8-6-9-14-21)20(3)29-27(24)28-18-22/h4-18H,2H2,1,3H3,(H,28,29)/b5-4-,12-7-. The summed E-state index contributed by atoms with van der Waals surface area (Å²) in [6.07, 6.45) is 9.54. The number of nitrogens with one attached hydrogen (secondary N) is 1. The van der Waals surface area contributed by atoms with Crippen LogP contribution in [0.15, 0.2) is 104 Å². The zero-order chi connectivity index (χ0) is 20.9. The third kappa shape index (κ3) is 3.96. The number of hydrogen-bond acceptors (Lipinski definition) is 2. The maximum absolute atomic E-state index is 6.03. The van der Waals surface area contributed by atoms with Crippen LogP contribution in [0.3, 0.4) is 0 Å². The molecule has 0 fully saturated rings. The fraction of sp³-hybridized carbons (Fsp3) is 0.0741. The van der Waals surface area contributed by atoms with Gasteiger partial charge in [-0.1, -0.05) is 73.3 Å². The summed E-state index contributed by atoms with van der Waals surface area (Å²) in [4.78, 5) is 8.10. The van der Waals surface area contributed by atoms with Crippen molar-refractivity contribution < 1.29 is 4.74 Å². The highest BCUT2D eigenvalue weighted by atomic mass is 16.5. The number of ether oxygens (including phenoxy) is 1. The predicted molar refractivity (Wildman–Crippen MR) is 125 cm³/mol. The summed E-state index contributed by atoms with van der Waals surface area (Å²) >= 11 is 0. The summed E-state index contributed by atoms with van der Waals surface area (Å²) < 4.78 is 6.03. The van der Waals surface area contributed by atoms with Crippen LogP contribution in [-0.4, -0.2) is 9.97 Å². The normalized spacial score (nSPS) is 11.5. The first-order chi connectivity index (χ1) is 14.7. The largest absolute Gasteiger partial charge is 0.457 e. The molecule has 1 N–H and O–H groups in total. The Balaban J connectivity index is 1.77. The lowest BCUT2D eigenvalue weighted by Gasteiger charge is -2.11. The van der Waals surface area contributed by atoms with Crippen molar-refractivity contribution in [1.29, 1.82) is 0 Å². The van der Waals surface area contributed by atoms with E-state index in [2.05, 4.69) is 53.8 Å². The number of pyridine rings is 1. The molecule has 0 amide bonds. The Morgan fingerprint density at radius 3 is 2.57 bits per heavy atom. The molecule has 4 rings (SSSR count). The van der Waals surface area contributed by atoms with Gasteiger partial charge in [0.25, 0.3) is 0 Å². The smallest absolute Gasteiger partial charge is 0.138 e. The number of H-pyrrole nitrogens is 1. The summed E-state index contributed by atoms with van der Waals surface area (Å²) in [6, 6.07) is 20.5. The number of allylic oxidation sites excluding steroid dienone is 4. The second kappa shape index (κ2) is 8.66. The molecule has 0 saturated carbocycles. The van der Waals surface area contributed by atoms with Crippen LogP contribution in [0.1, 0.15) is 12.6 Å². The van der Waals surface area contributed by atoms with Gasteiger partial charge in [-0.15, -0.1) is 0 Å². The molecule has 3 heteroatoms. The van der Waals surface area contributed by atoms with E-state index in [4.69, 9.17) is 4.74 Å². The van der Waals surface area contributed by atoms with Gasteiger partial charge in [0.2, 0.25) is 0 Å². The van der Waals surface area contributed by atoms with Gasteiger partial charge >= 0.3 is 0 Å². The average molecular weight is 393 g/mol. The molecule has 148 valence electrons. The first-order valence-corrected chi connectivity index (χ1v) is 9.96. The molecule has 4 aromatic rings. The van der Waals surface area contributed by atoms with E-state index < -0.39 is 0 Å². The quantitative estimate of drug-likeness (QED) is 0.278. The van der Waals surface area contributed by atoms with Gasteiger partial charge in [0.05, 0.1) is 0 Å². The fourth-order valence-corrected chi connectivity index (χ4v) is 3.56. The molecule has 2 aromatic heterocycles. The summed E-state index contributed by atoms with van der Waals surface area (Å²) in [6.45, 7) is 8.06. The number of hydrogen-bond donors (Lipinski definition) is 1. The zero-order valence-electron chi connectivity index (χ0n) is 17.2. The molecule has 0 bridgehead atoms. The van der Waals surface area contributed by atoms with Gasteiger partial charge in [-0.3, -0.25) is 0 Å². The number of aryl methyl sites for hydroxylation is 1. The number of aromatic nitrogens is 2. The van der Waals surface area contributed by atoms with Crippen LogP contribution in [-0.2, 0) is 0 Å². The molecule has 30 heavy (non-hydrogen) atoms. The zero-order valence-corrected chi connectivity index (χ0v) is 17.2. The van der Waals surface area contributed by atoms with Crippen molar-refractivity contribution in [2.75, 3.05) is 0 Å². The summed E-state index contributed by atoms with van der Waals surface area (Å²) in [5, 5.41) is 1.10. The first-order valence-electron chi connectivity index (χ1n) is 9.96. The molecule has 0 aliphatic rings. The Morgan fingerprint density at radius 2 is 1.77 bits per heavy atom. The van der Waals surface area contributed by atoms with E-state index in [1.807, 2.05) is 67.8 Å². The molecule has 0 unspecified atom stereocenters. The van der Waals surface area contributed by atoms with E-state index in [1.165, 1.54) is 11.1 Å². The van der Waals surface area contributed by atoms with E-state index in [1.54, 1.807) is 0 Å². The third-order valence-corrected chi connectivity index (χ3v) is 4.93. The Hall–Kier alpha value is -3.85. The molecule has 0 aliphatic carbocycles. The highest BCUT2D eigenvalue weighted by Gasteiger charge is 2.14. The Kier molecular flexibility index (Phi) is 5.62. The van der Waals surface area contributed by atoms with Crippen molar-refractivity contribution >= 4 is 11.0 Å². The van der Waals surface area contributed by atoms with Gasteiger partial charge in [-0.05, 0) is 37.6 Å². The number of benzene rings is 2. The number of rotatable bonds is 6. The molecule has 2 heterocycles. The minimum Gasteiger partial charge on any atom is -0.457 e. The van der Waals surface area contributed by atoms with E-state index in [9.17, 15) is 0 Å². The monoisotopic (exact) mass is 392 g/mol. The average Bonchev–Trinajstić information content (AvgIpc) is 3.10. The topological polar surface area (TPSA) is 37.9 Å². The molecule has 0 radical (unpaired) electrons. The van der Waals surface area contributed by atoms with Crippen molar-refractivity contribution in [2.45, 2.75) is 13.8 Å². The van der Waals surface area contributed by atoms with Crippen molar-refractivity contribution in [3.05, 3.63) is 109 Å². The maximum Gasteiger partial charge on any atom is 0.138 e. The maximum atomic E-state index is 6.03. The Labute approximate surface area is 177 Å². The van der Waals surface area contributed by atoms with E-state index in [0.29, 0.717) is 5.76 Å². The highest BCUT2D eigenvalue weighted by Crippen LogP contribution is 2.36. The Morgan fingerprint density at radius 1 is 1.00 bits per heavy atom. The first kappa shape index (κ1) is 19.5. The lowest BCUT2D eigenvalue weighted by Crippen LogP contribution is -1.93. The van der Waals surface area contributed by atoms with Gasteiger partial charge in [0.15, 0.2) is 0 Å². The number of para-hydroxylation sites is 1. The second-order valence-electron chi connectivity index (χ2n) is 7.06. The van der Waals surface area contributed by atoms with Gasteiger partial charge in [0.1, 0.15) is 17.2 Å². The Bertz CT molecular complexity index is 1250. The van der Waals surface area contributed by atoms with E-state index in [-0.39, 0.29) is 0 Å². The molecule has 2 aromatic carbocycles. The van der Waals surface area contributed by atoms with Crippen LogP contribution in [0.2, 0.25) is 0 Å². The van der Waals surface area contributed by atoms with Crippen molar-refractivity contribution in [3.8, 4) is 28.0 Å². The van der Waals surface area contributed by atoms with Crippen molar-refractivity contribution in [3.63, 3.8) is 0 Å².